The SMILES string of the molecule is O=C1CC[C@@]2(C(=O)O)N1c1cc(F)ccc1-c1nc(=O)c(-c3ccccc3)nn12. The second kappa shape index (κ2) is 5.81. The second-order valence-electron chi connectivity index (χ2n) is 6.88. The zero-order valence-corrected chi connectivity index (χ0v) is 14.9. The lowest BCUT2D eigenvalue weighted by Gasteiger charge is -2.41. The van der Waals surface area contributed by atoms with Gasteiger partial charge in [-0.25, -0.2) is 13.9 Å². The molecule has 2 aliphatic heterocycles. The van der Waals surface area contributed by atoms with Crippen LogP contribution in [0.2, 0.25) is 0 Å². The molecule has 1 fully saturated rings. The Morgan fingerprint density at radius 1 is 1.14 bits per heavy atom. The van der Waals surface area contributed by atoms with Gasteiger partial charge in [0.05, 0.1) is 5.69 Å². The smallest absolute Gasteiger partial charge is 0.353 e. The lowest BCUT2D eigenvalue weighted by Crippen LogP contribution is -2.58. The molecule has 9 heteroatoms. The van der Waals surface area contributed by atoms with Gasteiger partial charge in [0.15, 0.2) is 11.5 Å². The molecule has 2 aromatic carbocycles. The van der Waals surface area contributed by atoms with Crippen LogP contribution in [0.1, 0.15) is 12.8 Å². The molecule has 1 atom stereocenters. The number of benzene rings is 2. The normalized spacial score (nSPS) is 19.5. The van der Waals surface area contributed by atoms with Crippen molar-refractivity contribution in [3.8, 4) is 22.6 Å². The van der Waals surface area contributed by atoms with E-state index in [0.29, 0.717) is 5.56 Å². The first-order chi connectivity index (χ1) is 13.9. The minimum atomic E-state index is -1.92. The van der Waals surface area contributed by atoms with E-state index in [1.54, 1.807) is 30.3 Å². The molecule has 1 N–H and O–H groups in total. The average molecular weight is 392 g/mol. The Kier molecular flexibility index (Phi) is 3.45. The molecule has 0 bridgehead atoms. The van der Waals surface area contributed by atoms with Gasteiger partial charge in [0.1, 0.15) is 5.82 Å². The number of fused-ring (bicyclic) bond motifs is 6. The summed E-state index contributed by atoms with van der Waals surface area (Å²) in [6.07, 6.45) is -0.147. The number of carbonyl (C=O) groups is 2. The number of carboxylic acid groups (broad SMARTS) is 1. The second-order valence-corrected chi connectivity index (χ2v) is 6.88. The number of aliphatic carboxylic acids is 1. The molecule has 1 saturated heterocycles. The number of hydrogen-bond donors (Lipinski definition) is 1. The standard InChI is InChI=1S/C20H13FN4O4/c21-12-6-7-13-14(10-12)24-15(26)8-9-20(24,19(28)29)25-17(13)22-18(27)16(23-25)11-4-2-1-3-5-11/h1-7,10H,8-9H2,(H,28,29)/t20-/m1/s1. The van der Waals surface area contributed by atoms with Crippen molar-refractivity contribution in [3.05, 3.63) is 64.7 Å². The highest BCUT2D eigenvalue weighted by atomic mass is 19.1. The van der Waals surface area contributed by atoms with E-state index in [1.807, 2.05) is 0 Å². The third kappa shape index (κ3) is 2.21. The van der Waals surface area contributed by atoms with Gasteiger partial charge in [-0.15, -0.1) is 0 Å². The summed E-state index contributed by atoms with van der Waals surface area (Å²) in [5.41, 5.74) is -1.78. The van der Waals surface area contributed by atoms with Crippen molar-refractivity contribution in [2.24, 2.45) is 0 Å². The van der Waals surface area contributed by atoms with Crippen molar-refractivity contribution in [1.29, 1.82) is 0 Å². The minimum Gasteiger partial charge on any atom is -0.478 e. The van der Waals surface area contributed by atoms with E-state index >= 15 is 0 Å². The number of amides is 1. The topological polar surface area (TPSA) is 105 Å². The maximum absolute atomic E-state index is 14.0. The van der Waals surface area contributed by atoms with Crippen LogP contribution < -0.4 is 10.5 Å². The summed E-state index contributed by atoms with van der Waals surface area (Å²) >= 11 is 0. The van der Waals surface area contributed by atoms with Crippen molar-refractivity contribution < 1.29 is 19.1 Å². The van der Waals surface area contributed by atoms with Gasteiger partial charge in [-0.05, 0) is 18.2 Å². The third-order valence-electron chi connectivity index (χ3n) is 5.30. The highest BCUT2D eigenvalue weighted by molar-refractivity contribution is 6.07. The monoisotopic (exact) mass is 392 g/mol. The molecular formula is C20H13FN4O4. The molecule has 1 aromatic heterocycles. The zero-order chi connectivity index (χ0) is 20.3. The molecular weight excluding hydrogens is 379 g/mol. The molecule has 3 aromatic rings. The van der Waals surface area contributed by atoms with Gasteiger partial charge in [-0.3, -0.25) is 14.5 Å². The fourth-order valence-electron chi connectivity index (χ4n) is 4.01. The molecule has 0 aliphatic carbocycles. The van der Waals surface area contributed by atoms with E-state index in [1.165, 1.54) is 6.07 Å². The maximum atomic E-state index is 14.0. The summed E-state index contributed by atoms with van der Waals surface area (Å²) in [5.74, 6) is -2.45. The highest BCUT2D eigenvalue weighted by Crippen LogP contribution is 2.48. The average Bonchev–Trinajstić information content (AvgIpc) is 3.07. The molecule has 5 rings (SSSR count). The van der Waals surface area contributed by atoms with Crippen molar-refractivity contribution in [2.75, 3.05) is 4.90 Å². The van der Waals surface area contributed by atoms with E-state index in [0.717, 1.165) is 21.7 Å². The minimum absolute atomic E-state index is 0.0157. The van der Waals surface area contributed by atoms with Crippen LogP contribution in [-0.4, -0.2) is 31.7 Å². The van der Waals surface area contributed by atoms with E-state index < -0.39 is 28.9 Å². The molecule has 3 heterocycles. The van der Waals surface area contributed by atoms with Gasteiger partial charge in [0.25, 0.3) is 5.56 Å². The summed E-state index contributed by atoms with van der Waals surface area (Å²) in [6, 6.07) is 12.1. The molecule has 144 valence electrons. The Morgan fingerprint density at radius 3 is 2.62 bits per heavy atom. The fourth-order valence-corrected chi connectivity index (χ4v) is 4.01. The number of halogens is 1. The number of carbonyl (C=O) groups excluding carboxylic acids is 1. The summed E-state index contributed by atoms with van der Waals surface area (Å²) in [4.78, 5) is 42.9. The number of carboxylic acids is 1. The Morgan fingerprint density at radius 2 is 1.90 bits per heavy atom. The largest absolute Gasteiger partial charge is 0.478 e. The number of rotatable bonds is 2. The first kappa shape index (κ1) is 17.2. The summed E-state index contributed by atoms with van der Waals surface area (Å²) < 4.78 is 15.1. The molecule has 0 radical (unpaired) electrons. The van der Waals surface area contributed by atoms with Crippen LogP contribution >= 0.6 is 0 Å². The highest BCUT2D eigenvalue weighted by Gasteiger charge is 2.58. The molecule has 0 saturated carbocycles. The van der Waals surface area contributed by atoms with Gasteiger partial charge < -0.3 is 5.11 Å². The van der Waals surface area contributed by atoms with E-state index in [-0.39, 0.29) is 35.6 Å². The third-order valence-corrected chi connectivity index (χ3v) is 5.30. The van der Waals surface area contributed by atoms with Crippen LogP contribution in [0.25, 0.3) is 22.6 Å². The number of hydrogen-bond acceptors (Lipinski definition) is 5. The van der Waals surface area contributed by atoms with E-state index in [4.69, 9.17) is 0 Å². The number of anilines is 1. The number of aromatic nitrogens is 3. The molecule has 0 unspecified atom stereocenters. The van der Waals surface area contributed by atoms with Gasteiger partial charge >= 0.3 is 5.97 Å². The maximum Gasteiger partial charge on any atom is 0.353 e. The first-order valence-electron chi connectivity index (χ1n) is 8.87. The summed E-state index contributed by atoms with van der Waals surface area (Å²) in [6.45, 7) is 0. The molecule has 1 amide bonds. The van der Waals surface area contributed by atoms with Crippen LogP contribution in [0.3, 0.4) is 0 Å². The van der Waals surface area contributed by atoms with Gasteiger partial charge in [-0.2, -0.15) is 10.1 Å². The van der Waals surface area contributed by atoms with Crippen LogP contribution in [0.5, 0.6) is 0 Å². The first-order valence-corrected chi connectivity index (χ1v) is 8.87. The quantitative estimate of drug-likeness (QED) is 0.715. The van der Waals surface area contributed by atoms with Crippen LogP contribution in [0.15, 0.2) is 53.3 Å². The van der Waals surface area contributed by atoms with Crippen LogP contribution in [-0.2, 0) is 15.3 Å². The predicted molar refractivity (Wildman–Crippen MR) is 99.5 cm³/mol. The Balaban J connectivity index is 1.90. The van der Waals surface area contributed by atoms with Crippen LogP contribution in [0, 0.1) is 5.82 Å². The molecule has 2 aliphatic rings. The van der Waals surface area contributed by atoms with Crippen LogP contribution in [0.4, 0.5) is 10.1 Å². The Hall–Kier alpha value is -3.88. The lowest BCUT2D eigenvalue weighted by molar-refractivity contribution is -0.148. The predicted octanol–water partition coefficient (Wildman–Crippen LogP) is 1.99. The summed E-state index contributed by atoms with van der Waals surface area (Å²) in [5, 5.41) is 14.5. The summed E-state index contributed by atoms with van der Waals surface area (Å²) in [7, 11) is 0. The van der Waals surface area contributed by atoms with Crippen molar-refractivity contribution in [1.82, 2.24) is 14.8 Å². The van der Waals surface area contributed by atoms with E-state index in [9.17, 15) is 23.9 Å². The van der Waals surface area contributed by atoms with Gasteiger partial charge in [-0.1, -0.05) is 30.3 Å². The van der Waals surface area contributed by atoms with Crippen molar-refractivity contribution in [3.63, 3.8) is 0 Å². The Bertz CT molecular complexity index is 1260. The van der Waals surface area contributed by atoms with E-state index in [2.05, 4.69) is 10.1 Å². The fraction of sp³-hybridized carbons (Fsp3) is 0.150. The van der Waals surface area contributed by atoms with Gasteiger partial charge in [0, 0.05) is 24.0 Å². The molecule has 29 heavy (non-hydrogen) atoms. The zero-order valence-electron chi connectivity index (χ0n) is 14.9. The van der Waals surface area contributed by atoms with Gasteiger partial charge in [0.2, 0.25) is 11.6 Å². The van der Waals surface area contributed by atoms with Crippen molar-refractivity contribution >= 4 is 17.6 Å². The Labute approximate surface area is 162 Å². The van der Waals surface area contributed by atoms with Crippen molar-refractivity contribution in [2.45, 2.75) is 18.5 Å². The number of nitrogens with zero attached hydrogens (tertiary/aromatic N) is 4. The molecule has 8 nitrogen and oxygen atoms in total. The lowest BCUT2D eigenvalue weighted by atomic mass is 10.00. The molecule has 0 spiro atoms.